The van der Waals surface area contributed by atoms with E-state index >= 15 is 0 Å². The van der Waals surface area contributed by atoms with Crippen LogP contribution in [-0.2, 0) is 6.42 Å². The molecule has 0 N–H and O–H groups in total. The van der Waals surface area contributed by atoms with Crippen molar-refractivity contribution >= 4 is 32.9 Å². The van der Waals surface area contributed by atoms with Crippen LogP contribution in [0.1, 0.15) is 29.8 Å². The number of halogens is 1. The molecule has 0 unspecified atom stereocenters. The van der Waals surface area contributed by atoms with E-state index in [1.807, 2.05) is 19.9 Å². The lowest BCUT2D eigenvalue weighted by Gasteiger charge is -2.11. The van der Waals surface area contributed by atoms with Crippen LogP contribution in [0.25, 0.3) is 11.0 Å². The summed E-state index contributed by atoms with van der Waals surface area (Å²) in [4.78, 5) is 24.0. The van der Waals surface area contributed by atoms with E-state index in [-0.39, 0.29) is 0 Å². The summed E-state index contributed by atoms with van der Waals surface area (Å²) in [6.45, 7) is 4.02. The molecule has 4 nitrogen and oxygen atoms in total. The summed E-state index contributed by atoms with van der Waals surface area (Å²) < 4.78 is 11.7. The third-order valence-electron chi connectivity index (χ3n) is 3.82. The van der Waals surface area contributed by atoms with Crippen molar-refractivity contribution in [3.05, 3.63) is 86.2 Å². The zero-order valence-corrected chi connectivity index (χ0v) is 16.0. The molecule has 26 heavy (non-hydrogen) atoms. The Morgan fingerprint density at radius 2 is 1.85 bits per heavy atom. The molecule has 0 aliphatic carbocycles. The van der Waals surface area contributed by atoms with E-state index in [0.717, 1.165) is 21.0 Å². The molecular weight excluding hydrogens is 396 g/mol. The second kappa shape index (κ2) is 7.70. The number of ether oxygens (including phenoxy) is 1. The van der Waals surface area contributed by atoms with Crippen molar-refractivity contribution in [2.45, 2.75) is 20.3 Å². The van der Waals surface area contributed by atoms with Gasteiger partial charge in [0.15, 0.2) is 0 Å². The summed E-state index contributed by atoms with van der Waals surface area (Å²) in [5.41, 5.74) is 2.39. The number of allylic oxidation sites excluding steroid dienone is 2. The van der Waals surface area contributed by atoms with Gasteiger partial charge in [-0.15, -0.1) is 0 Å². The highest BCUT2D eigenvalue weighted by molar-refractivity contribution is 9.10. The molecule has 0 aliphatic heterocycles. The summed E-state index contributed by atoms with van der Waals surface area (Å²) in [5.74, 6) is -0.0779. The van der Waals surface area contributed by atoms with Crippen LogP contribution in [0.5, 0.6) is 5.75 Å². The lowest BCUT2D eigenvalue weighted by atomic mass is 10.1. The zero-order chi connectivity index (χ0) is 18.7. The Hall–Kier alpha value is -2.66. The molecule has 1 aromatic heterocycles. The Kier molecular flexibility index (Phi) is 5.38. The number of rotatable bonds is 4. The zero-order valence-electron chi connectivity index (χ0n) is 14.4. The van der Waals surface area contributed by atoms with Gasteiger partial charge in [0.2, 0.25) is 0 Å². The average molecular weight is 413 g/mol. The van der Waals surface area contributed by atoms with Crippen molar-refractivity contribution in [3.8, 4) is 5.75 Å². The van der Waals surface area contributed by atoms with Crippen molar-refractivity contribution in [2.24, 2.45) is 0 Å². The van der Waals surface area contributed by atoms with Gasteiger partial charge in [-0.3, -0.25) is 0 Å². The predicted octanol–water partition coefficient (Wildman–Crippen LogP) is 5.28. The summed E-state index contributed by atoms with van der Waals surface area (Å²) in [5, 5.41) is 0.783. The highest BCUT2D eigenvalue weighted by atomic mass is 79.9. The maximum Gasteiger partial charge on any atom is 0.343 e. The first-order chi connectivity index (χ1) is 12.4. The minimum Gasteiger partial charge on any atom is -0.423 e. The van der Waals surface area contributed by atoms with Gasteiger partial charge >= 0.3 is 11.6 Å². The standard InChI is InChI=1S/C21H17BrO4/c1-13(2)3-4-15-11-16-7-10-20(23)25-18(16)12-19(15)26-21(24)14-5-8-17(22)9-6-14/h3,5-12H,4H2,1-2H3. The topological polar surface area (TPSA) is 56.5 Å². The molecule has 132 valence electrons. The van der Waals surface area contributed by atoms with E-state index in [1.165, 1.54) is 6.07 Å². The number of hydrogen-bond acceptors (Lipinski definition) is 4. The van der Waals surface area contributed by atoms with Crippen LogP contribution in [0.3, 0.4) is 0 Å². The minimum absolute atomic E-state index is 0.386. The van der Waals surface area contributed by atoms with Gasteiger partial charge in [0.25, 0.3) is 0 Å². The third-order valence-corrected chi connectivity index (χ3v) is 4.34. The molecule has 0 fully saturated rings. The van der Waals surface area contributed by atoms with Gasteiger partial charge < -0.3 is 9.15 Å². The van der Waals surface area contributed by atoms with E-state index in [4.69, 9.17) is 9.15 Å². The van der Waals surface area contributed by atoms with Gasteiger partial charge in [-0.25, -0.2) is 9.59 Å². The van der Waals surface area contributed by atoms with E-state index in [1.54, 1.807) is 36.4 Å². The SMILES string of the molecule is CC(C)=CCc1cc2ccc(=O)oc2cc1OC(=O)c1ccc(Br)cc1. The Morgan fingerprint density at radius 1 is 1.12 bits per heavy atom. The average Bonchev–Trinajstić information content (AvgIpc) is 2.60. The minimum atomic E-state index is -0.464. The Bertz CT molecular complexity index is 1040. The molecular formula is C21H17BrO4. The highest BCUT2D eigenvalue weighted by Gasteiger charge is 2.14. The molecule has 0 aliphatic rings. The Morgan fingerprint density at radius 3 is 2.54 bits per heavy atom. The molecule has 0 bridgehead atoms. The summed E-state index contributed by atoms with van der Waals surface area (Å²) in [7, 11) is 0. The summed E-state index contributed by atoms with van der Waals surface area (Å²) >= 11 is 3.34. The van der Waals surface area contributed by atoms with Gasteiger partial charge in [0, 0.05) is 22.0 Å². The fourth-order valence-corrected chi connectivity index (χ4v) is 2.72. The molecule has 0 atom stereocenters. The number of fused-ring (bicyclic) bond motifs is 1. The number of carbonyl (C=O) groups is 1. The van der Waals surface area contributed by atoms with Crippen molar-refractivity contribution < 1.29 is 13.9 Å². The van der Waals surface area contributed by atoms with Crippen molar-refractivity contribution in [1.29, 1.82) is 0 Å². The normalized spacial score (nSPS) is 10.6. The van der Waals surface area contributed by atoms with Crippen LogP contribution < -0.4 is 10.4 Å². The molecule has 3 aromatic rings. The van der Waals surface area contributed by atoms with Gasteiger partial charge in [-0.2, -0.15) is 0 Å². The lowest BCUT2D eigenvalue weighted by Crippen LogP contribution is -2.10. The van der Waals surface area contributed by atoms with Crippen molar-refractivity contribution in [3.63, 3.8) is 0 Å². The quantitative estimate of drug-likeness (QED) is 0.253. The maximum atomic E-state index is 12.5. The summed E-state index contributed by atoms with van der Waals surface area (Å²) in [6, 6.07) is 13.5. The fraction of sp³-hybridized carbons (Fsp3) is 0.143. The van der Waals surface area contributed by atoms with Crippen LogP contribution in [0.4, 0.5) is 0 Å². The van der Waals surface area contributed by atoms with Gasteiger partial charge in [-0.05, 0) is 62.2 Å². The fourth-order valence-electron chi connectivity index (χ4n) is 2.46. The van der Waals surface area contributed by atoms with E-state index in [2.05, 4.69) is 22.0 Å². The van der Waals surface area contributed by atoms with Crippen LogP contribution >= 0.6 is 15.9 Å². The van der Waals surface area contributed by atoms with Crippen LogP contribution in [-0.4, -0.2) is 5.97 Å². The van der Waals surface area contributed by atoms with Crippen LogP contribution in [0.15, 0.2) is 73.9 Å². The lowest BCUT2D eigenvalue weighted by molar-refractivity contribution is 0.0733. The molecule has 0 spiro atoms. The number of hydrogen-bond donors (Lipinski definition) is 0. The van der Waals surface area contributed by atoms with Crippen molar-refractivity contribution in [1.82, 2.24) is 0 Å². The third kappa shape index (κ3) is 4.29. The smallest absolute Gasteiger partial charge is 0.343 e. The number of carbonyl (C=O) groups excluding carboxylic acids is 1. The van der Waals surface area contributed by atoms with Crippen molar-refractivity contribution in [2.75, 3.05) is 0 Å². The van der Waals surface area contributed by atoms with E-state index in [9.17, 15) is 9.59 Å². The second-order valence-electron chi connectivity index (χ2n) is 6.13. The first-order valence-electron chi connectivity index (χ1n) is 8.10. The van der Waals surface area contributed by atoms with E-state index in [0.29, 0.717) is 23.3 Å². The summed E-state index contributed by atoms with van der Waals surface area (Å²) in [6.07, 6.45) is 2.66. The number of esters is 1. The van der Waals surface area contributed by atoms with Crippen LogP contribution in [0.2, 0.25) is 0 Å². The molecule has 0 saturated heterocycles. The highest BCUT2D eigenvalue weighted by Crippen LogP contribution is 2.27. The molecule has 0 radical (unpaired) electrons. The first kappa shape index (κ1) is 18.1. The van der Waals surface area contributed by atoms with Gasteiger partial charge in [0.1, 0.15) is 11.3 Å². The predicted molar refractivity (Wildman–Crippen MR) is 105 cm³/mol. The monoisotopic (exact) mass is 412 g/mol. The molecule has 1 heterocycles. The Labute approximate surface area is 159 Å². The maximum absolute atomic E-state index is 12.5. The van der Waals surface area contributed by atoms with Gasteiger partial charge in [0.05, 0.1) is 5.56 Å². The Balaban J connectivity index is 2.01. The van der Waals surface area contributed by atoms with E-state index < -0.39 is 11.6 Å². The molecule has 3 rings (SSSR count). The first-order valence-corrected chi connectivity index (χ1v) is 8.89. The molecule has 2 aromatic carbocycles. The molecule has 5 heteroatoms. The second-order valence-corrected chi connectivity index (χ2v) is 7.05. The number of benzene rings is 2. The largest absolute Gasteiger partial charge is 0.423 e. The molecule has 0 amide bonds. The molecule has 0 saturated carbocycles. The van der Waals surface area contributed by atoms with Crippen LogP contribution in [0, 0.1) is 0 Å². The van der Waals surface area contributed by atoms with Gasteiger partial charge in [-0.1, -0.05) is 27.6 Å².